The molecule has 0 radical (unpaired) electrons. The maximum atomic E-state index is 2.60. The Kier molecular flexibility index (Phi) is 3.21. The Balaban J connectivity index is 1.45. The van der Waals surface area contributed by atoms with Gasteiger partial charge in [0.1, 0.15) is 5.92 Å². The molecule has 2 nitrogen and oxygen atoms in total. The highest BCUT2D eigenvalue weighted by Crippen LogP contribution is 2.70. The van der Waals surface area contributed by atoms with E-state index in [4.69, 9.17) is 0 Å². The summed E-state index contributed by atoms with van der Waals surface area (Å²) in [4.78, 5) is 0. The molecule has 5 aromatic rings. The van der Waals surface area contributed by atoms with Crippen molar-refractivity contribution < 1.29 is 9.13 Å². The molecule has 1 aliphatic carbocycles. The molecule has 1 spiro atoms. The lowest BCUT2D eigenvalue weighted by Crippen LogP contribution is -2.51. The Labute approximate surface area is 193 Å². The monoisotopic (exact) mass is 422 g/mol. The summed E-state index contributed by atoms with van der Waals surface area (Å²) in [6.45, 7) is 0. The second kappa shape index (κ2) is 6.05. The van der Waals surface area contributed by atoms with Gasteiger partial charge in [-0.3, -0.25) is 0 Å². The van der Waals surface area contributed by atoms with Gasteiger partial charge in [-0.05, 0) is 35.4 Å². The number of fused-ring (bicyclic) bond motifs is 13. The van der Waals surface area contributed by atoms with Crippen LogP contribution in [0.2, 0.25) is 0 Å². The molecular weight excluding hydrogens is 400 g/mol. The van der Waals surface area contributed by atoms with E-state index in [0.29, 0.717) is 12.0 Å². The van der Waals surface area contributed by atoms with Gasteiger partial charge in [-0.25, -0.2) is 0 Å². The molecule has 0 bridgehead atoms. The molecule has 0 saturated heterocycles. The summed E-state index contributed by atoms with van der Waals surface area (Å²) in [5, 5.41) is 0. The predicted molar refractivity (Wildman–Crippen MR) is 128 cm³/mol. The lowest BCUT2D eigenvalue weighted by Gasteiger charge is -2.11. The molecule has 8 rings (SSSR count). The minimum atomic E-state index is -0.107. The maximum Gasteiger partial charge on any atom is 0.269 e. The maximum absolute atomic E-state index is 2.60. The van der Waals surface area contributed by atoms with Crippen molar-refractivity contribution in [3.05, 3.63) is 133 Å². The first-order valence-corrected chi connectivity index (χ1v) is 11.7. The molecule has 154 valence electrons. The van der Waals surface area contributed by atoms with Gasteiger partial charge in [0.05, 0.1) is 11.1 Å². The Morgan fingerprint density at radius 3 is 2.24 bits per heavy atom. The fourth-order valence-electron chi connectivity index (χ4n) is 6.70. The van der Waals surface area contributed by atoms with Crippen LogP contribution < -0.4 is 9.13 Å². The number of nitrogens with zero attached hydrogens (tertiary/aromatic N) is 2. The van der Waals surface area contributed by atoms with Gasteiger partial charge in [0.2, 0.25) is 17.4 Å². The van der Waals surface area contributed by atoms with E-state index in [0.717, 1.165) is 0 Å². The molecule has 2 aromatic heterocycles. The summed E-state index contributed by atoms with van der Waals surface area (Å²) >= 11 is 0. The molecule has 1 fully saturated rings. The van der Waals surface area contributed by atoms with Gasteiger partial charge in [0.25, 0.3) is 5.54 Å². The molecule has 33 heavy (non-hydrogen) atoms. The Morgan fingerprint density at radius 2 is 1.33 bits per heavy atom. The highest BCUT2D eigenvalue weighted by atomic mass is 15.3. The molecule has 0 amide bonds. The average molecular weight is 423 g/mol. The largest absolute Gasteiger partial charge is 0.269 e. The van der Waals surface area contributed by atoms with E-state index in [2.05, 4.69) is 131 Å². The quantitative estimate of drug-likeness (QED) is 0.308. The zero-order valence-electron chi connectivity index (χ0n) is 18.1. The van der Waals surface area contributed by atoms with Gasteiger partial charge >= 0.3 is 0 Å². The highest BCUT2D eigenvalue weighted by molar-refractivity contribution is 5.74. The van der Waals surface area contributed by atoms with Crippen LogP contribution in [-0.2, 0) is 5.54 Å². The molecule has 1 saturated carbocycles. The first-order valence-electron chi connectivity index (χ1n) is 11.7. The number of pyridine rings is 2. The van der Waals surface area contributed by atoms with Crippen LogP contribution in [0.5, 0.6) is 0 Å². The van der Waals surface area contributed by atoms with E-state index in [1.165, 1.54) is 44.8 Å². The molecule has 0 N–H and O–H groups in total. The van der Waals surface area contributed by atoms with Crippen LogP contribution in [0.4, 0.5) is 0 Å². The van der Waals surface area contributed by atoms with Gasteiger partial charge in [0, 0.05) is 29.3 Å². The lowest BCUT2D eigenvalue weighted by molar-refractivity contribution is -0.771. The number of aromatic nitrogens is 2. The summed E-state index contributed by atoms with van der Waals surface area (Å²) in [5.41, 5.74) is 10.7. The van der Waals surface area contributed by atoms with E-state index >= 15 is 0 Å². The number of rotatable bonds is 1. The van der Waals surface area contributed by atoms with Gasteiger partial charge < -0.3 is 0 Å². The van der Waals surface area contributed by atoms with E-state index in [-0.39, 0.29) is 5.54 Å². The summed E-state index contributed by atoms with van der Waals surface area (Å²) in [7, 11) is 0. The van der Waals surface area contributed by atoms with Crippen LogP contribution in [0, 0.1) is 0 Å². The summed E-state index contributed by atoms with van der Waals surface area (Å²) in [6, 6.07) is 40.3. The predicted octanol–water partition coefficient (Wildman–Crippen LogP) is 5.67. The van der Waals surface area contributed by atoms with Crippen molar-refractivity contribution in [3.8, 4) is 33.6 Å². The number of benzene rings is 3. The van der Waals surface area contributed by atoms with Gasteiger partial charge in [-0.2, -0.15) is 9.13 Å². The minimum absolute atomic E-state index is 0.107. The fraction of sp³-hybridized carbons (Fsp3) is 0.0968. The molecule has 3 aliphatic rings. The molecule has 2 unspecified atom stereocenters. The second-order valence-corrected chi connectivity index (χ2v) is 9.41. The summed E-state index contributed by atoms with van der Waals surface area (Å²) < 4.78 is 5.13. The number of hydrogen-bond donors (Lipinski definition) is 0. The first-order chi connectivity index (χ1) is 16.4. The van der Waals surface area contributed by atoms with E-state index < -0.39 is 0 Å². The van der Waals surface area contributed by atoms with Gasteiger partial charge in [-0.1, -0.05) is 66.7 Å². The second-order valence-electron chi connectivity index (χ2n) is 9.41. The molecule has 3 aromatic carbocycles. The molecule has 3 atom stereocenters. The van der Waals surface area contributed by atoms with Crippen molar-refractivity contribution in [1.82, 2.24) is 0 Å². The minimum Gasteiger partial charge on any atom is -0.187 e. The Bertz CT molecular complexity index is 1530. The SMILES string of the molecule is c1ccc(-c2ccc3[n+](c2)[C@@]2(c4ccccc4-3)C3c4ccccc4-c4cccc[n+]4C32)cc1. The third kappa shape index (κ3) is 2.05. The Hall–Kier alpha value is -4.04. The Morgan fingerprint density at radius 1 is 0.576 bits per heavy atom. The van der Waals surface area contributed by atoms with Crippen LogP contribution in [0.1, 0.15) is 23.1 Å². The van der Waals surface area contributed by atoms with E-state index in [1.807, 2.05) is 0 Å². The molecule has 4 heterocycles. The third-order valence-electron chi connectivity index (χ3n) is 7.98. The van der Waals surface area contributed by atoms with Crippen molar-refractivity contribution in [2.75, 3.05) is 0 Å². The topological polar surface area (TPSA) is 7.76 Å². The average Bonchev–Trinajstić information content (AvgIpc) is 3.52. The van der Waals surface area contributed by atoms with Gasteiger partial charge in [-0.15, -0.1) is 0 Å². The van der Waals surface area contributed by atoms with Crippen molar-refractivity contribution in [1.29, 1.82) is 0 Å². The lowest BCUT2D eigenvalue weighted by atomic mass is 9.93. The van der Waals surface area contributed by atoms with Crippen LogP contribution in [0.3, 0.4) is 0 Å². The van der Waals surface area contributed by atoms with Crippen molar-refractivity contribution >= 4 is 0 Å². The van der Waals surface area contributed by atoms with E-state index in [9.17, 15) is 0 Å². The summed E-state index contributed by atoms with van der Waals surface area (Å²) in [6.07, 6.45) is 4.68. The molecular formula is C31H22N2+2. The van der Waals surface area contributed by atoms with Gasteiger partial charge in [0.15, 0.2) is 12.4 Å². The molecule has 2 heteroatoms. The standard InChI is InChI=1S/C31H22N2/c1-2-10-21(11-3-1)22-17-18-28-25-14-6-7-15-26(25)31(33(28)20-22)29-24-13-5-4-12-23(24)27-16-8-9-19-32(27)30(29)31/h1-20,29-30H/q+2/t29?,30?,31-/m0/s1. The fourth-order valence-corrected chi connectivity index (χ4v) is 6.70. The highest BCUT2D eigenvalue weighted by Gasteiger charge is 2.85. The van der Waals surface area contributed by atoms with Crippen LogP contribution >= 0.6 is 0 Å². The van der Waals surface area contributed by atoms with Crippen LogP contribution in [-0.4, -0.2) is 0 Å². The van der Waals surface area contributed by atoms with Crippen molar-refractivity contribution in [2.45, 2.75) is 17.5 Å². The van der Waals surface area contributed by atoms with Crippen LogP contribution in [0.25, 0.3) is 33.6 Å². The zero-order chi connectivity index (χ0) is 21.6. The first kappa shape index (κ1) is 17.5. The number of hydrogen-bond acceptors (Lipinski definition) is 0. The normalized spacial score (nSPS) is 22.7. The smallest absolute Gasteiger partial charge is 0.187 e. The third-order valence-corrected chi connectivity index (χ3v) is 7.98. The van der Waals surface area contributed by atoms with Crippen molar-refractivity contribution in [2.24, 2.45) is 0 Å². The van der Waals surface area contributed by atoms with Crippen molar-refractivity contribution in [3.63, 3.8) is 0 Å². The molecule has 2 aliphatic heterocycles. The summed E-state index contributed by atoms with van der Waals surface area (Å²) in [5.74, 6) is 0.409. The van der Waals surface area contributed by atoms with Crippen LogP contribution in [0.15, 0.2) is 122 Å². The van der Waals surface area contributed by atoms with E-state index in [1.54, 1.807) is 0 Å². The zero-order valence-corrected chi connectivity index (χ0v) is 18.1.